The molecule has 2 rings (SSSR count). The molecule has 24 heavy (non-hydrogen) atoms. The van der Waals surface area contributed by atoms with Gasteiger partial charge in [0.05, 0.1) is 11.6 Å². The van der Waals surface area contributed by atoms with Crippen molar-refractivity contribution in [1.82, 2.24) is 4.90 Å². The van der Waals surface area contributed by atoms with Crippen molar-refractivity contribution >= 4 is 12.2 Å². The number of ether oxygens (including phenoxy) is 2. The number of hydrogen-bond donors (Lipinski definition) is 0. The summed E-state index contributed by atoms with van der Waals surface area (Å²) < 4.78 is 47.7. The molecule has 1 aliphatic rings. The maximum Gasteiger partial charge on any atom is 0.420 e. The molecule has 1 aromatic carbocycles. The zero-order valence-corrected chi connectivity index (χ0v) is 13.5. The first-order chi connectivity index (χ1) is 11.0. The van der Waals surface area contributed by atoms with E-state index in [9.17, 15) is 22.8 Å². The first-order valence-electron chi connectivity index (χ1n) is 7.32. The Labute approximate surface area is 137 Å². The van der Waals surface area contributed by atoms with Gasteiger partial charge in [0.25, 0.3) is 0 Å². The van der Waals surface area contributed by atoms with Gasteiger partial charge in [-0.3, -0.25) is 0 Å². The molecule has 0 aliphatic carbocycles. The summed E-state index contributed by atoms with van der Waals surface area (Å²) in [7, 11) is 0. The highest BCUT2D eigenvalue weighted by Gasteiger charge is 2.40. The van der Waals surface area contributed by atoms with Crippen LogP contribution in [0.15, 0.2) is 24.3 Å². The van der Waals surface area contributed by atoms with Crippen molar-refractivity contribution < 1.29 is 32.2 Å². The molecule has 0 bridgehead atoms. The number of carbonyl (C=O) groups excluding carboxylic acids is 2. The van der Waals surface area contributed by atoms with E-state index < -0.39 is 35.6 Å². The maximum absolute atomic E-state index is 12.6. The van der Waals surface area contributed by atoms with E-state index in [1.165, 1.54) is 12.1 Å². The minimum atomic E-state index is -4.41. The average Bonchev–Trinajstić information content (AvgIpc) is 2.77. The van der Waals surface area contributed by atoms with Gasteiger partial charge in [-0.1, -0.05) is 12.1 Å². The van der Waals surface area contributed by atoms with E-state index in [4.69, 9.17) is 9.47 Å². The predicted octanol–water partition coefficient (Wildman–Crippen LogP) is 4.00. The van der Waals surface area contributed by atoms with Crippen LogP contribution in [0.5, 0.6) is 0 Å². The normalized spacial score (nSPS) is 18.5. The van der Waals surface area contributed by atoms with Gasteiger partial charge in [0.2, 0.25) is 0 Å². The highest BCUT2D eigenvalue weighted by atomic mass is 19.4. The van der Waals surface area contributed by atoms with Crippen LogP contribution in [0.2, 0.25) is 0 Å². The molecule has 0 spiro atoms. The summed E-state index contributed by atoms with van der Waals surface area (Å²) in [5, 5.41) is 0. The molecule has 132 valence electrons. The number of hydrogen-bond acceptors (Lipinski definition) is 4. The van der Waals surface area contributed by atoms with Crippen LogP contribution in [0, 0.1) is 0 Å². The van der Waals surface area contributed by atoms with Crippen LogP contribution in [-0.4, -0.2) is 35.3 Å². The van der Waals surface area contributed by atoms with Crippen LogP contribution < -0.4 is 0 Å². The van der Waals surface area contributed by atoms with Crippen molar-refractivity contribution in [2.45, 2.75) is 45.0 Å². The lowest BCUT2D eigenvalue weighted by atomic mass is 10.0. The van der Waals surface area contributed by atoms with E-state index in [0.717, 1.165) is 17.0 Å². The summed E-state index contributed by atoms with van der Waals surface area (Å²) in [5.41, 5.74) is -0.979. The lowest BCUT2D eigenvalue weighted by Gasteiger charge is -2.25. The summed E-state index contributed by atoms with van der Waals surface area (Å²) >= 11 is 0. The molecule has 1 heterocycles. The van der Waals surface area contributed by atoms with Gasteiger partial charge in [0.1, 0.15) is 12.2 Å². The largest absolute Gasteiger partial charge is 0.447 e. The molecule has 1 atom stereocenters. The molecule has 0 radical (unpaired) electrons. The summed E-state index contributed by atoms with van der Waals surface area (Å²) in [4.78, 5) is 24.7. The van der Waals surface area contributed by atoms with Crippen LogP contribution in [0.1, 0.15) is 31.9 Å². The van der Waals surface area contributed by atoms with E-state index in [0.29, 0.717) is 5.56 Å². The Bertz CT molecular complexity index is 620. The molecule has 2 amide bonds. The number of halogens is 3. The Kier molecular flexibility index (Phi) is 4.77. The number of imide groups is 1. The summed E-state index contributed by atoms with van der Waals surface area (Å²) in [6.45, 7) is 4.96. The fraction of sp³-hybridized carbons (Fsp3) is 0.500. The third-order valence-corrected chi connectivity index (χ3v) is 3.30. The van der Waals surface area contributed by atoms with Gasteiger partial charge in [0.15, 0.2) is 0 Å². The molecule has 5 nitrogen and oxygen atoms in total. The number of cyclic esters (lactones) is 1. The Morgan fingerprint density at radius 1 is 1.25 bits per heavy atom. The Morgan fingerprint density at radius 2 is 1.83 bits per heavy atom. The van der Waals surface area contributed by atoms with Gasteiger partial charge < -0.3 is 9.47 Å². The number of alkyl halides is 3. The summed E-state index contributed by atoms with van der Waals surface area (Å²) in [5.74, 6) is 0. The smallest absolute Gasteiger partial charge is 0.420 e. The highest BCUT2D eigenvalue weighted by Crippen LogP contribution is 2.29. The van der Waals surface area contributed by atoms with Crippen LogP contribution in [-0.2, 0) is 22.1 Å². The van der Waals surface area contributed by atoms with E-state index in [1.54, 1.807) is 20.8 Å². The van der Waals surface area contributed by atoms with E-state index in [-0.39, 0.29) is 13.0 Å². The van der Waals surface area contributed by atoms with Crippen LogP contribution in [0.3, 0.4) is 0 Å². The molecule has 1 aromatic rings. The first-order valence-corrected chi connectivity index (χ1v) is 7.32. The van der Waals surface area contributed by atoms with Gasteiger partial charge in [-0.05, 0) is 44.9 Å². The molecular formula is C16H18F3NO4. The molecule has 1 aliphatic heterocycles. The number of benzene rings is 1. The quantitative estimate of drug-likeness (QED) is 0.813. The minimum Gasteiger partial charge on any atom is -0.447 e. The first kappa shape index (κ1) is 18.1. The fourth-order valence-corrected chi connectivity index (χ4v) is 2.25. The molecule has 1 unspecified atom stereocenters. The van der Waals surface area contributed by atoms with E-state index in [2.05, 4.69) is 0 Å². The maximum atomic E-state index is 12.6. The Hall–Kier alpha value is -2.25. The van der Waals surface area contributed by atoms with Crippen molar-refractivity contribution in [3.05, 3.63) is 35.4 Å². The second-order valence-electron chi connectivity index (χ2n) is 6.48. The van der Waals surface area contributed by atoms with Crippen molar-refractivity contribution in [1.29, 1.82) is 0 Å². The van der Waals surface area contributed by atoms with Crippen molar-refractivity contribution in [3.8, 4) is 0 Å². The SMILES string of the molecule is CC(C)(C)OC(=O)N1C(=O)OCC1Cc1ccc(C(F)(F)F)cc1. The highest BCUT2D eigenvalue weighted by molar-refractivity contribution is 5.89. The Morgan fingerprint density at radius 3 is 2.33 bits per heavy atom. The molecule has 0 saturated carbocycles. The zero-order valence-electron chi connectivity index (χ0n) is 13.5. The molecule has 0 N–H and O–H groups in total. The number of amides is 2. The van der Waals surface area contributed by atoms with Crippen LogP contribution in [0.25, 0.3) is 0 Å². The molecule has 1 saturated heterocycles. The number of rotatable bonds is 2. The van der Waals surface area contributed by atoms with Gasteiger partial charge in [-0.15, -0.1) is 0 Å². The third kappa shape index (κ3) is 4.39. The van der Waals surface area contributed by atoms with Crippen molar-refractivity contribution in [2.24, 2.45) is 0 Å². The van der Waals surface area contributed by atoms with Gasteiger partial charge in [0, 0.05) is 0 Å². The number of carbonyl (C=O) groups is 2. The summed E-state index contributed by atoms with van der Waals surface area (Å²) in [6.07, 6.45) is -5.88. The van der Waals surface area contributed by atoms with E-state index in [1.807, 2.05) is 0 Å². The summed E-state index contributed by atoms with van der Waals surface area (Å²) in [6, 6.07) is 3.94. The molecule has 1 fully saturated rings. The van der Waals surface area contributed by atoms with Crippen molar-refractivity contribution in [3.63, 3.8) is 0 Å². The average molecular weight is 345 g/mol. The minimum absolute atomic E-state index is 0.0287. The van der Waals surface area contributed by atoms with Crippen LogP contribution >= 0.6 is 0 Å². The molecule has 0 aromatic heterocycles. The Balaban J connectivity index is 2.10. The molecule has 8 heteroatoms. The zero-order chi connectivity index (χ0) is 18.1. The fourth-order valence-electron chi connectivity index (χ4n) is 2.25. The number of nitrogens with zero attached hydrogens (tertiary/aromatic N) is 1. The van der Waals surface area contributed by atoms with Crippen LogP contribution in [0.4, 0.5) is 22.8 Å². The van der Waals surface area contributed by atoms with Gasteiger partial charge >= 0.3 is 18.4 Å². The monoisotopic (exact) mass is 345 g/mol. The topological polar surface area (TPSA) is 55.8 Å². The van der Waals surface area contributed by atoms with Gasteiger partial charge in [-0.2, -0.15) is 13.2 Å². The van der Waals surface area contributed by atoms with Crippen molar-refractivity contribution in [2.75, 3.05) is 6.61 Å². The second kappa shape index (κ2) is 6.33. The lowest BCUT2D eigenvalue weighted by molar-refractivity contribution is -0.137. The third-order valence-electron chi connectivity index (χ3n) is 3.30. The molecular weight excluding hydrogens is 327 g/mol. The predicted molar refractivity (Wildman–Crippen MR) is 78.4 cm³/mol. The standard InChI is InChI=1S/C16H18F3NO4/c1-15(2,3)24-14(22)20-12(9-23-13(20)21)8-10-4-6-11(7-5-10)16(17,18)19/h4-7,12H,8-9H2,1-3H3. The second-order valence-corrected chi connectivity index (χ2v) is 6.48. The van der Waals surface area contributed by atoms with E-state index >= 15 is 0 Å². The lowest BCUT2D eigenvalue weighted by Crippen LogP contribution is -2.43. The van der Waals surface area contributed by atoms with Gasteiger partial charge in [-0.25, -0.2) is 14.5 Å².